The number of allylic oxidation sites excluding steroid dienone is 1. The Hall–Kier alpha value is -6.56. The topological polar surface area (TPSA) is 164 Å². The molecule has 2 aliphatic heterocycles. The summed E-state index contributed by atoms with van der Waals surface area (Å²) >= 11 is 0. The molecular formula is C72H75NO10S2. The number of esters is 2. The molecular weight excluding hydrogens is 1100 g/mol. The van der Waals surface area contributed by atoms with Crippen LogP contribution in [0.2, 0.25) is 0 Å². The van der Waals surface area contributed by atoms with E-state index >= 15 is 4.79 Å². The number of aliphatic hydroxyl groups is 1. The Bertz CT molecular complexity index is 3680. The maximum absolute atomic E-state index is 16.9. The Morgan fingerprint density at radius 2 is 1.69 bits per heavy atom. The van der Waals surface area contributed by atoms with E-state index in [1.165, 1.54) is 6.92 Å². The second-order valence-electron chi connectivity index (χ2n) is 26.0. The average Bonchev–Trinajstić information content (AvgIpc) is 1.01. The minimum Gasteiger partial charge on any atom is -0.508 e. The summed E-state index contributed by atoms with van der Waals surface area (Å²) in [6.07, 6.45) is 10.0. The third-order valence-electron chi connectivity index (χ3n) is 21.1. The first kappa shape index (κ1) is 56.3. The normalized spacial score (nSPS) is 31.1. The van der Waals surface area contributed by atoms with Gasteiger partial charge in [-0.25, -0.2) is 0 Å². The van der Waals surface area contributed by atoms with Crippen LogP contribution in [0, 0.1) is 52.3 Å². The highest BCUT2D eigenvalue weighted by molar-refractivity contribution is 8.76. The fraction of sp³-hybridized carbons (Fsp3) is 0.444. The molecule has 2 heterocycles. The first-order valence-electron chi connectivity index (χ1n) is 30.8. The number of aliphatic hydroxyl groups excluding tert-OH is 1. The highest BCUT2D eigenvalue weighted by Crippen LogP contribution is 2.70. The molecule has 14 rings (SSSR count). The van der Waals surface area contributed by atoms with Crippen LogP contribution in [-0.4, -0.2) is 82.4 Å². The van der Waals surface area contributed by atoms with E-state index in [1.807, 2.05) is 48.5 Å². The third kappa shape index (κ3) is 10.2. The zero-order valence-corrected chi connectivity index (χ0v) is 50.0. The molecule has 2 spiro atoms. The number of hydrogen-bond donors (Lipinski definition) is 5. The number of benzene rings is 6. The summed E-state index contributed by atoms with van der Waals surface area (Å²) in [4.78, 5) is 30.9. The lowest BCUT2D eigenvalue weighted by Gasteiger charge is -2.64. The molecule has 0 unspecified atom stereocenters. The van der Waals surface area contributed by atoms with Gasteiger partial charge in [-0.2, -0.15) is 0 Å². The van der Waals surface area contributed by atoms with Gasteiger partial charge in [0, 0.05) is 60.6 Å². The maximum Gasteiger partial charge on any atom is 0.316 e. The number of phenols is 3. The number of methoxy groups -OCH3 is 1. The van der Waals surface area contributed by atoms with Crippen LogP contribution in [0.25, 0.3) is 28.0 Å². The monoisotopic (exact) mass is 1180 g/mol. The molecule has 6 aromatic carbocycles. The predicted molar refractivity (Wildman–Crippen MR) is 334 cm³/mol. The Labute approximate surface area is 506 Å². The van der Waals surface area contributed by atoms with Gasteiger partial charge in [-0.15, -0.1) is 0 Å². The van der Waals surface area contributed by atoms with Crippen LogP contribution >= 0.6 is 21.6 Å². The van der Waals surface area contributed by atoms with Crippen LogP contribution in [0.1, 0.15) is 122 Å². The van der Waals surface area contributed by atoms with Crippen LogP contribution in [0.15, 0.2) is 115 Å². The number of ether oxygens (including phenoxy) is 4. The standard InChI is InChI=1S/C72H75NO10S2/c1-42(74)82-65-33-53-32-58-56-35-67(63(77)28-49(56)26-59-62(76)36-60-57-34-64(78)66(80-2)29-50(57)27-61(65)72(60,68(58)59)20-16-43-9-4-3-5-10-43)81-21-22-84-85-40-46-23-44-15-19-70(17-6-7-18-70)41-73-39-45-11-8-12-47(24-45)55-31-52(75)25-48-13-14-51(30-54(48)55)71(37-44,38-46)69(79)83-53/h3-5,8-14,16,20,24-25,28-31,34-35,44,46,53,58-62,65,68,73,75-78H,6-7,17-18,21-23,26-27,32-33,36-41H2,1-2H3/b20-16+/t44-,46+,53-,58+,59+,60-,61-,62-,65+,68+,71-,72-/m0/s1. The van der Waals surface area contributed by atoms with Crippen molar-refractivity contribution in [2.45, 2.75) is 126 Å². The van der Waals surface area contributed by atoms with Crippen molar-refractivity contribution in [3.05, 3.63) is 154 Å². The van der Waals surface area contributed by atoms with Crippen molar-refractivity contribution < 1.29 is 49.0 Å². The zero-order chi connectivity index (χ0) is 58.2. The van der Waals surface area contributed by atoms with E-state index in [0.29, 0.717) is 68.9 Å². The first-order valence-corrected chi connectivity index (χ1v) is 33.3. The Morgan fingerprint density at radius 1 is 0.847 bits per heavy atom. The molecule has 13 heteroatoms. The Balaban J connectivity index is 0.983. The molecule has 4 saturated carbocycles. The lowest BCUT2D eigenvalue weighted by atomic mass is 9.40. The van der Waals surface area contributed by atoms with Gasteiger partial charge in [0.15, 0.2) is 23.0 Å². The second-order valence-corrected chi connectivity index (χ2v) is 28.7. The van der Waals surface area contributed by atoms with Crippen molar-refractivity contribution in [1.29, 1.82) is 0 Å². The van der Waals surface area contributed by atoms with E-state index in [4.69, 9.17) is 18.9 Å². The molecule has 0 amide bonds. The minimum absolute atomic E-state index is 0.0162. The molecule has 6 aromatic rings. The van der Waals surface area contributed by atoms with E-state index in [1.54, 1.807) is 34.8 Å². The van der Waals surface area contributed by atoms with E-state index in [-0.39, 0.29) is 70.6 Å². The van der Waals surface area contributed by atoms with Gasteiger partial charge in [0.2, 0.25) is 0 Å². The van der Waals surface area contributed by atoms with E-state index in [2.05, 4.69) is 83.9 Å². The van der Waals surface area contributed by atoms with E-state index < -0.39 is 41.0 Å². The second kappa shape index (κ2) is 22.6. The summed E-state index contributed by atoms with van der Waals surface area (Å²) in [6, 6.07) is 36.3. The molecule has 4 fully saturated rings. The molecule has 8 aliphatic rings. The van der Waals surface area contributed by atoms with Crippen LogP contribution in [0.3, 0.4) is 0 Å². The van der Waals surface area contributed by atoms with Gasteiger partial charge in [0.1, 0.15) is 18.0 Å². The number of nitrogens with one attached hydrogen (secondary N) is 1. The van der Waals surface area contributed by atoms with Gasteiger partial charge in [0.05, 0.1) is 25.2 Å². The number of fused-ring (bicyclic) bond motifs is 10. The summed E-state index contributed by atoms with van der Waals surface area (Å²) in [5.41, 5.74) is 6.44. The summed E-state index contributed by atoms with van der Waals surface area (Å²) in [6.45, 7) is 3.27. The number of hydrogen-bond acceptors (Lipinski definition) is 13. The summed E-state index contributed by atoms with van der Waals surface area (Å²) in [5.74, 6) is 7.65. The molecule has 0 saturated heterocycles. The smallest absolute Gasteiger partial charge is 0.316 e. The van der Waals surface area contributed by atoms with Gasteiger partial charge >= 0.3 is 11.9 Å². The Kier molecular flexibility index (Phi) is 15.0. The molecule has 11 bridgehead atoms. The zero-order valence-electron chi connectivity index (χ0n) is 48.4. The van der Waals surface area contributed by atoms with Crippen LogP contribution < -0.4 is 14.8 Å². The quantitative estimate of drug-likeness (QED) is 0.0644. The van der Waals surface area contributed by atoms with Gasteiger partial charge in [-0.1, -0.05) is 119 Å². The SMILES string of the molecule is COc1cc2c(cc1O)[C@@H]1C[C@H](O)[C@H]3Cc4cc(O)c5cc4[C@H]4C[C@@H](C[C@@H](OC(C)=O)[C@H](C2)[C@@]1(/C=C/c1ccccc1)[C@@H]34)OC(=O)[C@]12C[C@@H](C#CC3(CCCC3)CNCc3cccc(c3)-c3cc(O)cc4ccc1cc34)C[C@@H](CSSCCO5)C2. The van der Waals surface area contributed by atoms with E-state index in [0.717, 1.165) is 105 Å². The van der Waals surface area contributed by atoms with E-state index in [9.17, 15) is 25.2 Å². The lowest BCUT2D eigenvalue weighted by Crippen LogP contribution is -2.62. The van der Waals surface area contributed by atoms with Gasteiger partial charge < -0.3 is 44.7 Å². The van der Waals surface area contributed by atoms with Crippen molar-refractivity contribution in [3.63, 3.8) is 0 Å². The van der Waals surface area contributed by atoms with Gasteiger partial charge in [-0.05, 0) is 197 Å². The molecule has 12 atom stereocenters. The molecule has 11 nitrogen and oxygen atoms in total. The highest BCUT2D eigenvalue weighted by Gasteiger charge is 2.66. The Morgan fingerprint density at radius 3 is 2.53 bits per heavy atom. The number of carbonyl (C=O) groups is 2. The summed E-state index contributed by atoms with van der Waals surface area (Å²) in [7, 11) is 5.07. The summed E-state index contributed by atoms with van der Waals surface area (Å²) < 4.78 is 26.6. The number of carbonyl (C=O) groups excluding carboxylic acids is 2. The van der Waals surface area contributed by atoms with Crippen LogP contribution in [0.5, 0.6) is 28.7 Å². The van der Waals surface area contributed by atoms with Crippen LogP contribution in [0.4, 0.5) is 0 Å². The van der Waals surface area contributed by atoms with Gasteiger partial charge in [-0.3, -0.25) is 9.59 Å². The molecule has 6 aliphatic carbocycles. The molecule has 0 aromatic heterocycles. The number of aromatic hydroxyl groups is 3. The largest absolute Gasteiger partial charge is 0.508 e. The fourth-order valence-electron chi connectivity index (χ4n) is 17.6. The van der Waals surface area contributed by atoms with Crippen molar-refractivity contribution >= 4 is 50.4 Å². The average molecular weight is 1180 g/mol. The lowest BCUT2D eigenvalue weighted by molar-refractivity contribution is -0.179. The van der Waals surface area contributed by atoms with Crippen molar-refractivity contribution in [2.75, 3.05) is 31.8 Å². The van der Waals surface area contributed by atoms with Gasteiger partial charge in [0.25, 0.3) is 0 Å². The van der Waals surface area contributed by atoms with Crippen molar-refractivity contribution in [2.24, 2.45) is 40.4 Å². The fourth-order valence-corrected chi connectivity index (χ4v) is 19.9. The molecule has 5 N–H and O–H groups in total. The molecule has 0 radical (unpaired) electrons. The first-order chi connectivity index (χ1) is 41.3. The highest BCUT2D eigenvalue weighted by atomic mass is 33.1. The maximum atomic E-state index is 16.9. The van der Waals surface area contributed by atoms with Crippen LogP contribution in [-0.2, 0) is 43.9 Å². The molecule has 440 valence electrons. The third-order valence-corrected chi connectivity index (χ3v) is 23.6. The summed E-state index contributed by atoms with van der Waals surface area (Å²) in [5, 5.41) is 53.5. The predicted octanol–water partition coefficient (Wildman–Crippen LogP) is 13.4. The number of rotatable bonds is 4. The molecule has 85 heavy (non-hydrogen) atoms. The van der Waals surface area contributed by atoms with Crippen molar-refractivity contribution in [1.82, 2.24) is 5.32 Å². The van der Waals surface area contributed by atoms with Crippen molar-refractivity contribution in [3.8, 4) is 51.7 Å². The number of phenolic OH excluding ortho intramolecular Hbond substituents is 3. The minimum atomic E-state index is -1.17.